The molecule has 1 aromatic heterocycles. The van der Waals surface area contributed by atoms with Gasteiger partial charge in [0, 0.05) is 20.2 Å². The summed E-state index contributed by atoms with van der Waals surface area (Å²) in [5, 5.41) is 3.88. The van der Waals surface area contributed by atoms with E-state index in [2.05, 4.69) is 5.10 Å². The molecule has 3 nitrogen and oxygen atoms in total. The number of ketones is 1. The Hall–Kier alpha value is -1.12. The fourth-order valence-corrected chi connectivity index (χ4v) is 0.603. The predicted molar refractivity (Wildman–Crippen MR) is 33.2 cm³/mol. The average molecular weight is 124 g/mol. The standard InChI is InChI=1S/C6H8N2O/c1-5(9)6-3-4-8(2)7-6/h3-4H,1-2H3. The lowest BCUT2D eigenvalue weighted by atomic mass is 10.3. The number of carbonyl (C=O) groups is 1. The molecule has 0 radical (unpaired) electrons. The molecule has 1 heterocycles. The first kappa shape index (κ1) is 6.01. The van der Waals surface area contributed by atoms with Crippen LogP contribution in [-0.2, 0) is 7.05 Å². The summed E-state index contributed by atoms with van der Waals surface area (Å²) in [5.74, 6) is 0.00981. The quantitative estimate of drug-likeness (QED) is 0.514. The van der Waals surface area contributed by atoms with Gasteiger partial charge in [-0.1, -0.05) is 0 Å². The third kappa shape index (κ3) is 1.16. The second-order valence-electron chi connectivity index (χ2n) is 1.93. The minimum absolute atomic E-state index is 0.00981. The molecule has 0 aliphatic rings. The number of Topliss-reactive ketones (excluding diaryl/α,β-unsaturated/α-hetero) is 1. The van der Waals surface area contributed by atoms with Crippen molar-refractivity contribution in [1.29, 1.82) is 0 Å². The summed E-state index contributed by atoms with van der Waals surface area (Å²) in [6, 6.07) is 1.70. The maximum Gasteiger partial charge on any atom is 0.179 e. The van der Waals surface area contributed by atoms with Crippen LogP contribution in [0.5, 0.6) is 0 Å². The second kappa shape index (κ2) is 2.01. The van der Waals surface area contributed by atoms with Crippen LogP contribution < -0.4 is 0 Å². The van der Waals surface area contributed by atoms with Gasteiger partial charge in [-0.3, -0.25) is 9.48 Å². The summed E-state index contributed by atoms with van der Waals surface area (Å²) in [4.78, 5) is 10.6. The first-order valence-electron chi connectivity index (χ1n) is 2.71. The lowest BCUT2D eigenvalue weighted by molar-refractivity contribution is 0.101. The van der Waals surface area contributed by atoms with Crippen molar-refractivity contribution in [3.05, 3.63) is 18.0 Å². The van der Waals surface area contributed by atoms with E-state index >= 15 is 0 Å². The van der Waals surface area contributed by atoms with Crippen molar-refractivity contribution >= 4 is 5.78 Å². The summed E-state index contributed by atoms with van der Waals surface area (Å²) in [6.45, 7) is 1.50. The van der Waals surface area contributed by atoms with E-state index in [4.69, 9.17) is 0 Å². The minimum atomic E-state index is 0.00981. The van der Waals surface area contributed by atoms with Crippen LogP contribution in [0.4, 0.5) is 0 Å². The lowest BCUT2D eigenvalue weighted by Gasteiger charge is -1.83. The molecule has 0 unspecified atom stereocenters. The fraction of sp³-hybridized carbons (Fsp3) is 0.333. The van der Waals surface area contributed by atoms with Crippen LogP contribution in [-0.4, -0.2) is 15.6 Å². The molecule has 0 atom stereocenters. The van der Waals surface area contributed by atoms with Gasteiger partial charge in [-0.25, -0.2) is 0 Å². The average Bonchev–Trinajstić information content (AvgIpc) is 2.14. The molecule has 0 N–H and O–H groups in total. The van der Waals surface area contributed by atoms with E-state index in [1.54, 1.807) is 24.0 Å². The van der Waals surface area contributed by atoms with E-state index in [1.165, 1.54) is 6.92 Å². The summed E-state index contributed by atoms with van der Waals surface area (Å²) >= 11 is 0. The van der Waals surface area contributed by atoms with Crippen molar-refractivity contribution < 1.29 is 4.79 Å². The van der Waals surface area contributed by atoms with Crippen LogP contribution in [0.15, 0.2) is 12.3 Å². The largest absolute Gasteiger partial charge is 0.293 e. The summed E-state index contributed by atoms with van der Waals surface area (Å²) in [7, 11) is 1.78. The Morgan fingerprint density at radius 1 is 1.78 bits per heavy atom. The lowest BCUT2D eigenvalue weighted by Crippen LogP contribution is -1.95. The molecule has 0 saturated carbocycles. The zero-order valence-corrected chi connectivity index (χ0v) is 5.46. The summed E-state index contributed by atoms with van der Waals surface area (Å²) in [6.07, 6.45) is 1.75. The summed E-state index contributed by atoms with van der Waals surface area (Å²) in [5.41, 5.74) is 0.525. The third-order valence-electron chi connectivity index (χ3n) is 1.07. The summed E-state index contributed by atoms with van der Waals surface area (Å²) < 4.78 is 1.61. The van der Waals surface area contributed by atoms with E-state index in [1.807, 2.05) is 0 Å². The highest BCUT2D eigenvalue weighted by molar-refractivity contribution is 5.91. The molecule has 0 aliphatic heterocycles. The van der Waals surface area contributed by atoms with Crippen molar-refractivity contribution in [3.63, 3.8) is 0 Å². The number of carbonyl (C=O) groups excluding carboxylic acids is 1. The number of aromatic nitrogens is 2. The van der Waals surface area contributed by atoms with Crippen molar-refractivity contribution in [2.24, 2.45) is 7.05 Å². The van der Waals surface area contributed by atoms with Crippen LogP contribution in [0.3, 0.4) is 0 Å². The molecule has 9 heavy (non-hydrogen) atoms. The molecule has 0 spiro atoms. The van der Waals surface area contributed by atoms with Gasteiger partial charge in [0.05, 0.1) is 0 Å². The van der Waals surface area contributed by atoms with Gasteiger partial charge in [-0.15, -0.1) is 0 Å². The first-order valence-corrected chi connectivity index (χ1v) is 2.71. The molecule has 0 bridgehead atoms. The molecule has 0 aromatic carbocycles. The van der Waals surface area contributed by atoms with Crippen LogP contribution in [0.2, 0.25) is 0 Å². The van der Waals surface area contributed by atoms with Gasteiger partial charge >= 0.3 is 0 Å². The minimum Gasteiger partial charge on any atom is -0.293 e. The van der Waals surface area contributed by atoms with Crippen LogP contribution in [0.25, 0.3) is 0 Å². The van der Waals surface area contributed by atoms with Crippen molar-refractivity contribution in [2.75, 3.05) is 0 Å². The number of aryl methyl sites for hydroxylation is 1. The number of rotatable bonds is 1. The monoisotopic (exact) mass is 124 g/mol. The molecular weight excluding hydrogens is 116 g/mol. The number of hydrogen-bond acceptors (Lipinski definition) is 2. The fourth-order valence-electron chi connectivity index (χ4n) is 0.603. The number of nitrogens with zero attached hydrogens (tertiary/aromatic N) is 2. The maximum atomic E-state index is 10.6. The van der Waals surface area contributed by atoms with Gasteiger partial charge in [0.1, 0.15) is 5.69 Å². The van der Waals surface area contributed by atoms with E-state index < -0.39 is 0 Å². The SMILES string of the molecule is CC(=O)c1ccn(C)n1. The Kier molecular flexibility index (Phi) is 1.34. The predicted octanol–water partition coefficient (Wildman–Crippen LogP) is 0.623. The molecule has 1 rings (SSSR count). The normalized spacial score (nSPS) is 9.56. The van der Waals surface area contributed by atoms with Gasteiger partial charge in [0.25, 0.3) is 0 Å². The van der Waals surface area contributed by atoms with Crippen LogP contribution in [0.1, 0.15) is 17.4 Å². The molecule has 0 amide bonds. The first-order chi connectivity index (χ1) is 4.20. The van der Waals surface area contributed by atoms with E-state index in [0.717, 1.165) is 0 Å². The molecule has 1 aromatic rings. The Balaban J connectivity index is 2.98. The Morgan fingerprint density at radius 2 is 2.44 bits per heavy atom. The van der Waals surface area contributed by atoms with Crippen molar-refractivity contribution in [1.82, 2.24) is 9.78 Å². The highest BCUT2D eigenvalue weighted by atomic mass is 16.1. The zero-order valence-electron chi connectivity index (χ0n) is 5.46. The zero-order chi connectivity index (χ0) is 6.85. The molecule has 0 fully saturated rings. The van der Waals surface area contributed by atoms with E-state index in [9.17, 15) is 4.79 Å². The van der Waals surface area contributed by atoms with Gasteiger partial charge < -0.3 is 0 Å². The van der Waals surface area contributed by atoms with E-state index in [-0.39, 0.29) is 5.78 Å². The van der Waals surface area contributed by atoms with Gasteiger partial charge in [-0.05, 0) is 6.07 Å². The van der Waals surface area contributed by atoms with Gasteiger partial charge in [-0.2, -0.15) is 5.10 Å². The second-order valence-corrected chi connectivity index (χ2v) is 1.93. The highest BCUT2D eigenvalue weighted by Gasteiger charge is 1.99. The molecule has 48 valence electrons. The molecule has 3 heteroatoms. The number of hydrogen-bond donors (Lipinski definition) is 0. The Morgan fingerprint density at radius 3 is 2.67 bits per heavy atom. The van der Waals surface area contributed by atoms with E-state index in [0.29, 0.717) is 5.69 Å². The smallest absolute Gasteiger partial charge is 0.179 e. The maximum absolute atomic E-state index is 10.6. The van der Waals surface area contributed by atoms with Crippen molar-refractivity contribution in [3.8, 4) is 0 Å². The van der Waals surface area contributed by atoms with Crippen molar-refractivity contribution in [2.45, 2.75) is 6.92 Å². The highest BCUT2D eigenvalue weighted by Crippen LogP contribution is 1.93. The molecular formula is C6H8N2O. The Labute approximate surface area is 53.3 Å². The van der Waals surface area contributed by atoms with Crippen LogP contribution in [0, 0.1) is 0 Å². The van der Waals surface area contributed by atoms with Crippen LogP contribution >= 0.6 is 0 Å². The third-order valence-corrected chi connectivity index (χ3v) is 1.07. The van der Waals surface area contributed by atoms with Gasteiger partial charge in [0.2, 0.25) is 0 Å². The topological polar surface area (TPSA) is 34.9 Å². The Bertz CT molecular complexity index is 227. The van der Waals surface area contributed by atoms with Gasteiger partial charge in [0.15, 0.2) is 5.78 Å². The molecule has 0 saturated heterocycles. The molecule has 0 aliphatic carbocycles.